The quantitative estimate of drug-likeness (QED) is 0.885. The van der Waals surface area contributed by atoms with Crippen molar-refractivity contribution in [2.24, 2.45) is 0 Å². The molecule has 1 aromatic heterocycles. The highest BCUT2D eigenvalue weighted by Crippen LogP contribution is 2.22. The zero-order chi connectivity index (χ0) is 16.8. The fourth-order valence-corrected chi connectivity index (χ4v) is 3.06. The lowest BCUT2D eigenvalue weighted by Crippen LogP contribution is -2.48. The molecule has 5 nitrogen and oxygen atoms in total. The molecule has 1 atom stereocenters. The predicted molar refractivity (Wildman–Crippen MR) is 95.9 cm³/mol. The second-order valence-corrected chi connectivity index (χ2v) is 6.07. The molecular formula is C19H24N4O. The number of anilines is 1. The number of benzene rings is 1. The smallest absolute Gasteiger partial charge is 0.238 e. The summed E-state index contributed by atoms with van der Waals surface area (Å²) >= 11 is 0. The van der Waals surface area contributed by atoms with E-state index in [4.69, 9.17) is 0 Å². The van der Waals surface area contributed by atoms with Crippen LogP contribution in [0.15, 0.2) is 48.8 Å². The number of nitrogens with one attached hydrogen (secondary N) is 2. The lowest BCUT2D eigenvalue weighted by molar-refractivity contribution is -0.118. The monoisotopic (exact) mass is 324 g/mol. The molecule has 1 aromatic carbocycles. The first-order valence-electron chi connectivity index (χ1n) is 8.49. The Hall–Kier alpha value is -2.24. The standard InChI is InChI=1S/C19H24N4O/c1-2-15-3-5-16(6-4-15)18-13-21-11-12-23(18)14-19(24)22-17-7-9-20-10-8-17/h3-10,18,21H,2,11-14H2,1H3,(H,20,22,24). The van der Waals surface area contributed by atoms with Gasteiger partial charge in [0.05, 0.1) is 6.54 Å². The molecule has 0 saturated carbocycles. The number of carbonyl (C=O) groups excluding carboxylic acids is 1. The molecule has 0 aliphatic carbocycles. The van der Waals surface area contributed by atoms with E-state index in [1.54, 1.807) is 24.5 Å². The van der Waals surface area contributed by atoms with Crippen molar-refractivity contribution in [3.8, 4) is 0 Å². The maximum atomic E-state index is 12.4. The molecule has 2 aromatic rings. The summed E-state index contributed by atoms with van der Waals surface area (Å²) in [5, 5.41) is 6.37. The second kappa shape index (κ2) is 8.04. The number of hydrogen-bond acceptors (Lipinski definition) is 4. The molecule has 1 saturated heterocycles. The van der Waals surface area contributed by atoms with Crippen LogP contribution in [0, 0.1) is 0 Å². The maximum absolute atomic E-state index is 12.4. The zero-order valence-corrected chi connectivity index (χ0v) is 14.0. The van der Waals surface area contributed by atoms with E-state index in [0.29, 0.717) is 6.54 Å². The van der Waals surface area contributed by atoms with Crippen LogP contribution in [0.5, 0.6) is 0 Å². The topological polar surface area (TPSA) is 57.3 Å². The van der Waals surface area contributed by atoms with E-state index < -0.39 is 0 Å². The third-order valence-electron chi connectivity index (χ3n) is 4.44. The average molecular weight is 324 g/mol. The first-order valence-corrected chi connectivity index (χ1v) is 8.49. The van der Waals surface area contributed by atoms with Crippen molar-refractivity contribution in [1.82, 2.24) is 15.2 Å². The molecule has 1 unspecified atom stereocenters. The number of rotatable bonds is 5. The Labute approximate surface area is 143 Å². The van der Waals surface area contributed by atoms with Crippen LogP contribution >= 0.6 is 0 Å². The molecule has 1 fully saturated rings. The molecule has 3 rings (SSSR count). The molecule has 24 heavy (non-hydrogen) atoms. The first kappa shape index (κ1) is 16.6. The van der Waals surface area contributed by atoms with Gasteiger partial charge in [0.1, 0.15) is 0 Å². The highest BCUT2D eigenvalue weighted by molar-refractivity contribution is 5.92. The highest BCUT2D eigenvalue weighted by atomic mass is 16.2. The van der Waals surface area contributed by atoms with E-state index in [-0.39, 0.29) is 11.9 Å². The van der Waals surface area contributed by atoms with Gasteiger partial charge in [0, 0.05) is 43.8 Å². The summed E-state index contributed by atoms with van der Waals surface area (Å²) in [5.41, 5.74) is 3.38. The van der Waals surface area contributed by atoms with Crippen molar-refractivity contribution in [2.75, 3.05) is 31.5 Å². The number of nitrogens with zero attached hydrogens (tertiary/aromatic N) is 2. The van der Waals surface area contributed by atoms with Gasteiger partial charge in [-0.25, -0.2) is 0 Å². The third-order valence-corrected chi connectivity index (χ3v) is 4.44. The Morgan fingerprint density at radius 3 is 2.71 bits per heavy atom. The van der Waals surface area contributed by atoms with Crippen molar-refractivity contribution in [1.29, 1.82) is 0 Å². The number of hydrogen-bond donors (Lipinski definition) is 2. The second-order valence-electron chi connectivity index (χ2n) is 6.07. The molecule has 0 bridgehead atoms. The summed E-state index contributed by atoms with van der Waals surface area (Å²) in [7, 11) is 0. The van der Waals surface area contributed by atoms with Gasteiger partial charge in [0.2, 0.25) is 5.91 Å². The van der Waals surface area contributed by atoms with Gasteiger partial charge in [-0.3, -0.25) is 14.7 Å². The van der Waals surface area contributed by atoms with Gasteiger partial charge in [0.25, 0.3) is 0 Å². The van der Waals surface area contributed by atoms with Crippen molar-refractivity contribution in [2.45, 2.75) is 19.4 Å². The minimum atomic E-state index is 0.0123. The first-order chi connectivity index (χ1) is 11.8. The number of pyridine rings is 1. The highest BCUT2D eigenvalue weighted by Gasteiger charge is 2.25. The number of piperazine rings is 1. The lowest BCUT2D eigenvalue weighted by atomic mass is 10.0. The number of carbonyl (C=O) groups is 1. The van der Waals surface area contributed by atoms with Crippen molar-refractivity contribution in [3.05, 3.63) is 59.9 Å². The van der Waals surface area contributed by atoms with E-state index in [0.717, 1.165) is 31.7 Å². The van der Waals surface area contributed by atoms with Crippen LogP contribution in [0.25, 0.3) is 0 Å². The fraction of sp³-hybridized carbons (Fsp3) is 0.368. The SMILES string of the molecule is CCc1ccc(C2CNCCN2CC(=O)Nc2ccncc2)cc1. The molecule has 1 amide bonds. The molecule has 0 spiro atoms. The number of aryl methyl sites for hydroxylation is 1. The van der Waals surface area contributed by atoms with Gasteiger partial charge in [-0.15, -0.1) is 0 Å². The van der Waals surface area contributed by atoms with E-state index in [1.807, 2.05) is 0 Å². The van der Waals surface area contributed by atoms with Crippen LogP contribution in [0.3, 0.4) is 0 Å². The number of amides is 1. The van der Waals surface area contributed by atoms with Gasteiger partial charge in [0.15, 0.2) is 0 Å². The van der Waals surface area contributed by atoms with Crippen LogP contribution in [-0.4, -0.2) is 42.0 Å². The molecule has 126 valence electrons. The Morgan fingerprint density at radius 2 is 2.00 bits per heavy atom. The largest absolute Gasteiger partial charge is 0.325 e. The Morgan fingerprint density at radius 1 is 1.25 bits per heavy atom. The maximum Gasteiger partial charge on any atom is 0.238 e. The van der Waals surface area contributed by atoms with E-state index in [1.165, 1.54) is 11.1 Å². The van der Waals surface area contributed by atoms with Gasteiger partial charge in [-0.1, -0.05) is 31.2 Å². The van der Waals surface area contributed by atoms with Crippen molar-refractivity contribution < 1.29 is 4.79 Å². The van der Waals surface area contributed by atoms with Gasteiger partial charge in [-0.05, 0) is 29.7 Å². The molecule has 2 N–H and O–H groups in total. The summed E-state index contributed by atoms with van der Waals surface area (Å²) in [6.07, 6.45) is 4.40. The van der Waals surface area contributed by atoms with Gasteiger partial charge < -0.3 is 10.6 Å². The molecule has 0 radical (unpaired) electrons. The fourth-order valence-electron chi connectivity index (χ4n) is 3.06. The van der Waals surface area contributed by atoms with Crippen molar-refractivity contribution >= 4 is 11.6 Å². The third kappa shape index (κ3) is 4.19. The molecule has 1 aliphatic rings. The Bertz CT molecular complexity index is 657. The van der Waals surface area contributed by atoms with Crippen molar-refractivity contribution in [3.63, 3.8) is 0 Å². The summed E-state index contributed by atoms with van der Waals surface area (Å²) in [6, 6.07) is 12.6. The van der Waals surface area contributed by atoms with Crippen LogP contribution in [0.1, 0.15) is 24.1 Å². The average Bonchev–Trinajstić information content (AvgIpc) is 2.63. The molecule has 5 heteroatoms. The van der Waals surface area contributed by atoms with E-state index in [9.17, 15) is 4.79 Å². The lowest BCUT2D eigenvalue weighted by Gasteiger charge is -2.36. The Kier molecular flexibility index (Phi) is 5.56. The van der Waals surface area contributed by atoms with Crippen LogP contribution in [0.2, 0.25) is 0 Å². The Balaban J connectivity index is 1.66. The zero-order valence-electron chi connectivity index (χ0n) is 14.0. The summed E-state index contributed by atoms with van der Waals surface area (Å²) in [6.45, 7) is 5.20. The molecule has 1 aliphatic heterocycles. The van der Waals surface area contributed by atoms with Gasteiger partial charge >= 0.3 is 0 Å². The van der Waals surface area contributed by atoms with Crippen LogP contribution in [0.4, 0.5) is 5.69 Å². The normalized spacial score (nSPS) is 18.3. The number of aromatic nitrogens is 1. The predicted octanol–water partition coefficient (Wildman–Crippen LogP) is 2.23. The van der Waals surface area contributed by atoms with E-state index >= 15 is 0 Å². The van der Waals surface area contributed by atoms with Crippen LogP contribution in [-0.2, 0) is 11.2 Å². The summed E-state index contributed by atoms with van der Waals surface area (Å²) in [5.74, 6) is 0.0123. The minimum Gasteiger partial charge on any atom is -0.325 e. The minimum absolute atomic E-state index is 0.0123. The van der Waals surface area contributed by atoms with E-state index in [2.05, 4.69) is 51.7 Å². The van der Waals surface area contributed by atoms with Crippen LogP contribution < -0.4 is 10.6 Å². The van der Waals surface area contributed by atoms with Gasteiger partial charge in [-0.2, -0.15) is 0 Å². The summed E-state index contributed by atoms with van der Waals surface area (Å²) in [4.78, 5) is 18.6. The summed E-state index contributed by atoms with van der Waals surface area (Å²) < 4.78 is 0. The molecular weight excluding hydrogens is 300 g/mol. The molecule has 2 heterocycles.